The molecular formula is C63H44N6OPt-2. The SMILES string of the molecule is [2H]c1c([2H])c([2H])c(-c2cc(-n3c4ccccc4c4ccccc43)cc(-c3c([2H])c([2H])c([2H])c([2H])c3[2H])c2-n2[c](=[Pt])n(-c3[c-]c(Oc4[c-]c5c(cc4)c4ccncc4n5-c4cc(C(C)(C)C)ccn4)ccc3)c3ccccc32)c([2H])c1[2H]. The van der Waals surface area contributed by atoms with Gasteiger partial charge in [-0.3, -0.25) is 4.98 Å². The van der Waals surface area contributed by atoms with E-state index in [1.807, 2.05) is 140 Å². The number of benzene rings is 8. The fraction of sp³-hybridized carbons (Fsp3) is 0.0635. The third-order valence-corrected chi connectivity index (χ3v) is 13.9. The van der Waals surface area contributed by atoms with Crippen molar-refractivity contribution in [2.24, 2.45) is 0 Å². The van der Waals surface area contributed by atoms with Gasteiger partial charge in [0.15, 0.2) is 0 Å². The molecule has 0 unspecified atom stereocenters. The van der Waals surface area contributed by atoms with Gasteiger partial charge in [-0.15, -0.1) is 0 Å². The quantitative estimate of drug-likeness (QED) is 0.143. The van der Waals surface area contributed by atoms with Gasteiger partial charge in [-0.1, -0.05) is 20.8 Å². The van der Waals surface area contributed by atoms with E-state index in [-0.39, 0.29) is 33.4 Å². The van der Waals surface area contributed by atoms with E-state index in [0.717, 1.165) is 49.2 Å². The number of fused-ring (bicyclic) bond motifs is 7. The van der Waals surface area contributed by atoms with Gasteiger partial charge in [-0.05, 0) is 17.0 Å². The predicted octanol–water partition coefficient (Wildman–Crippen LogP) is 15.5. The minimum atomic E-state index is -0.587. The zero-order chi connectivity index (χ0) is 56.5. The molecule has 8 aromatic carbocycles. The molecule has 0 aliphatic carbocycles. The van der Waals surface area contributed by atoms with E-state index in [2.05, 4.69) is 63.3 Å². The Balaban J connectivity index is 1.07. The molecule has 0 radical (unpaired) electrons. The number of pyridine rings is 2. The van der Waals surface area contributed by atoms with Crippen molar-refractivity contribution in [2.75, 3.05) is 0 Å². The van der Waals surface area contributed by atoms with Crippen molar-refractivity contribution in [1.29, 1.82) is 0 Å². The number of para-hydroxylation sites is 4. The number of hydrogen-bond donors (Lipinski definition) is 0. The molecule has 0 atom stereocenters. The summed E-state index contributed by atoms with van der Waals surface area (Å²) < 4.78 is 106. The Morgan fingerprint density at radius 2 is 1.14 bits per heavy atom. The van der Waals surface area contributed by atoms with Crippen molar-refractivity contribution in [3.63, 3.8) is 0 Å². The predicted molar refractivity (Wildman–Crippen MR) is 284 cm³/mol. The van der Waals surface area contributed by atoms with Gasteiger partial charge in [-0.2, -0.15) is 0 Å². The average Bonchev–Trinajstić information content (AvgIpc) is 3.57. The third kappa shape index (κ3) is 7.18. The molecule has 13 rings (SSSR count). The zero-order valence-corrected chi connectivity index (χ0v) is 40.6. The number of hydrogen-bond acceptors (Lipinski definition) is 3. The van der Waals surface area contributed by atoms with E-state index in [0.29, 0.717) is 43.5 Å². The van der Waals surface area contributed by atoms with Crippen molar-refractivity contribution in [3.8, 4) is 56.6 Å². The van der Waals surface area contributed by atoms with E-state index in [9.17, 15) is 5.48 Å². The molecule has 0 fully saturated rings. The Hall–Kier alpha value is -8.38. The van der Waals surface area contributed by atoms with Crippen LogP contribution in [0.3, 0.4) is 0 Å². The number of aromatic nitrogens is 6. The minimum absolute atomic E-state index is 0.131. The van der Waals surface area contributed by atoms with E-state index < -0.39 is 60.4 Å². The van der Waals surface area contributed by atoms with E-state index >= 15 is 0 Å². The first kappa shape index (κ1) is 33.2. The Kier molecular flexibility index (Phi) is 7.92. The molecule has 0 aliphatic heterocycles. The summed E-state index contributed by atoms with van der Waals surface area (Å²) in [6.07, 6.45) is 5.40. The molecule has 0 saturated heterocycles. The van der Waals surface area contributed by atoms with Gasteiger partial charge in [-0.25, -0.2) is 0 Å². The van der Waals surface area contributed by atoms with Gasteiger partial charge >= 0.3 is 382 Å². The standard InChI is InChI=1S/C63H44N6O.Pt/c1-63(2,3)44-31-34-65-61(35-44)69-59-39-48(29-30-51(59)52-32-33-64-40-60(52)69)70-47-22-16-21-45(36-47)66-41-67(58-28-15-14-27-57(58)66)62-53(42-17-6-4-7-18-42)37-46(38-54(62)43-19-8-5-9-20-43)68-55-25-12-10-23-49(55)50-24-11-13-26-56(50)68;/h4-35,37-38,40H,1-3H3;/q-2;/i4D,5D,6D,7D,8D,9D,17D,18D,19D,20D;. The van der Waals surface area contributed by atoms with Crippen LogP contribution in [0.25, 0.3) is 99.8 Å². The molecule has 0 spiro atoms. The van der Waals surface area contributed by atoms with Crippen LogP contribution < -0.4 is 4.74 Å². The van der Waals surface area contributed by atoms with Crippen LogP contribution in [0.2, 0.25) is 0 Å². The van der Waals surface area contributed by atoms with Gasteiger partial charge in [0.2, 0.25) is 0 Å². The Bertz CT molecular complexity index is 4700. The molecule has 8 heteroatoms. The van der Waals surface area contributed by atoms with Gasteiger partial charge in [0.25, 0.3) is 0 Å². The second kappa shape index (κ2) is 16.9. The van der Waals surface area contributed by atoms with Gasteiger partial charge in [0.05, 0.1) is 0 Å². The van der Waals surface area contributed by atoms with Crippen molar-refractivity contribution < 1.29 is 37.8 Å². The van der Waals surface area contributed by atoms with Crippen LogP contribution in [0, 0.1) is 15.9 Å². The van der Waals surface area contributed by atoms with Gasteiger partial charge < -0.3 is 0 Å². The fourth-order valence-corrected chi connectivity index (χ4v) is 10.8. The molecule has 13 aromatic rings. The first-order chi connectivity index (χ1) is 38.9. The van der Waals surface area contributed by atoms with Crippen LogP contribution >= 0.6 is 0 Å². The summed E-state index contributed by atoms with van der Waals surface area (Å²) in [5, 5.41) is 3.75. The molecule has 0 N–H and O–H groups in total. The molecular weight excluding hydrogens is 1050 g/mol. The summed E-state index contributed by atoms with van der Waals surface area (Å²) in [4.78, 5) is 9.28. The van der Waals surface area contributed by atoms with E-state index in [1.54, 1.807) is 24.4 Å². The van der Waals surface area contributed by atoms with Crippen LogP contribution in [0.1, 0.15) is 40.0 Å². The number of nitrogens with zero attached hydrogens (tertiary/aromatic N) is 6. The summed E-state index contributed by atoms with van der Waals surface area (Å²) in [6.45, 7) is 6.48. The first-order valence-electron chi connectivity index (χ1n) is 27.9. The summed E-state index contributed by atoms with van der Waals surface area (Å²) in [6, 6.07) is 43.7. The molecule has 0 bridgehead atoms. The number of imidazole rings is 1. The van der Waals surface area contributed by atoms with Gasteiger partial charge in [0, 0.05) is 12.4 Å². The van der Waals surface area contributed by atoms with Gasteiger partial charge in [0.1, 0.15) is 0 Å². The van der Waals surface area contributed by atoms with Crippen LogP contribution in [-0.2, 0) is 24.8 Å². The number of rotatable bonds is 8. The van der Waals surface area contributed by atoms with Crippen LogP contribution in [0.5, 0.6) is 11.5 Å². The number of ether oxygens (including phenoxy) is 1. The Labute approximate surface area is 435 Å². The monoisotopic (exact) mass is 1110 g/mol. The molecule has 0 amide bonds. The molecule has 0 saturated carbocycles. The molecule has 71 heavy (non-hydrogen) atoms. The van der Waals surface area contributed by atoms with E-state index in [1.165, 1.54) is 0 Å². The zero-order valence-electron chi connectivity index (χ0n) is 48.3. The average molecular weight is 1110 g/mol. The van der Waals surface area contributed by atoms with Crippen molar-refractivity contribution in [2.45, 2.75) is 26.2 Å². The van der Waals surface area contributed by atoms with Crippen molar-refractivity contribution in [1.82, 2.24) is 28.2 Å². The molecule has 344 valence electrons. The van der Waals surface area contributed by atoms with Crippen molar-refractivity contribution >= 4 is 54.6 Å². The molecule has 7 nitrogen and oxygen atoms in total. The molecule has 0 aliphatic rings. The second-order valence-electron chi connectivity index (χ2n) is 18.1. The maximum atomic E-state index is 9.54. The fourth-order valence-electron chi connectivity index (χ4n) is 9.71. The maximum absolute atomic E-state index is 9.54. The summed E-state index contributed by atoms with van der Waals surface area (Å²) in [5.41, 5.74) is 6.51. The molecule has 5 heterocycles. The van der Waals surface area contributed by atoms with Crippen LogP contribution in [-0.4, -0.2) is 28.2 Å². The topological polar surface area (TPSA) is 54.7 Å². The Morgan fingerprint density at radius 1 is 0.535 bits per heavy atom. The van der Waals surface area contributed by atoms with Crippen molar-refractivity contribution in [3.05, 3.63) is 234 Å². The molecule has 5 aromatic heterocycles. The third-order valence-electron chi connectivity index (χ3n) is 12.9. The van der Waals surface area contributed by atoms with Crippen LogP contribution in [0.4, 0.5) is 0 Å². The Morgan fingerprint density at radius 3 is 1.80 bits per heavy atom. The second-order valence-corrected chi connectivity index (χ2v) is 19.1. The summed E-state index contributed by atoms with van der Waals surface area (Å²) in [7, 11) is 0. The summed E-state index contributed by atoms with van der Waals surface area (Å²) >= 11 is 2.17. The first-order valence-corrected chi connectivity index (χ1v) is 24.0. The van der Waals surface area contributed by atoms with Crippen LogP contribution in [0.15, 0.2) is 212 Å². The normalized spacial score (nSPS) is 13.9. The summed E-state index contributed by atoms with van der Waals surface area (Å²) in [5.74, 6) is 1.48. The van der Waals surface area contributed by atoms with E-state index in [4.69, 9.17) is 17.9 Å².